The van der Waals surface area contributed by atoms with Crippen LogP contribution in [-0.2, 0) is 17.9 Å². The fourth-order valence-electron chi connectivity index (χ4n) is 3.62. The normalized spacial score (nSPS) is 20.3. The first-order valence-corrected chi connectivity index (χ1v) is 8.30. The van der Waals surface area contributed by atoms with Crippen LogP contribution in [0.2, 0.25) is 0 Å². The predicted octanol–water partition coefficient (Wildman–Crippen LogP) is 3.09. The van der Waals surface area contributed by atoms with Crippen molar-refractivity contribution in [1.29, 1.82) is 0 Å². The Hall–Kier alpha value is -2.45. The van der Waals surface area contributed by atoms with Gasteiger partial charge in [-0.3, -0.25) is 15.0 Å². The summed E-state index contributed by atoms with van der Waals surface area (Å²) in [5, 5.41) is 15.4. The Morgan fingerprint density at radius 2 is 2.28 bits per heavy atom. The molecule has 8 heteroatoms. The molecule has 2 aliphatic rings. The Labute approximate surface area is 144 Å². The van der Waals surface area contributed by atoms with Gasteiger partial charge in [-0.25, -0.2) is 0 Å². The highest BCUT2D eigenvalue weighted by Gasteiger charge is 2.30. The van der Waals surface area contributed by atoms with Crippen LogP contribution in [0, 0.1) is 17.0 Å². The molecule has 132 valence electrons. The third-order valence-electron chi connectivity index (χ3n) is 4.71. The molecule has 1 aromatic heterocycles. The molecule has 0 N–H and O–H groups in total. The summed E-state index contributed by atoms with van der Waals surface area (Å²) in [6.45, 7) is 3.85. The van der Waals surface area contributed by atoms with Crippen LogP contribution < -0.4 is 4.74 Å². The average Bonchev–Trinajstić information content (AvgIpc) is 3.23. The molecule has 1 saturated heterocycles. The zero-order chi connectivity index (χ0) is 17.4. The van der Waals surface area contributed by atoms with E-state index in [0.717, 1.165) is 42.0 Å². The molecule has 0 aliphatic carbocycles. The van der Waals surface area contributed by atoms with E-state index < -0.39 is 0 Å². The maximum atomic E-state index is 11.3. The highest BCUT2D eigenvalue weighted by molar-refractivity contribution is 5.50. The number of aryl methyl sites for hydroxylation is 1. The van der Waals surface area contributed by atoms with Crippen LogP contribution in [-0.4, -0.2) is 28.3 Å². The molecular formula is C17H19N3O5. The summed E-state index contributed by atoms with van der Waals surface area (Å²) in [5.74, 6) is 1.49. The Bertz CT molecular complexity index is 804. The standard InChI is InChI=1S/C17H19N3O5/c1-11-5-15(18-25-11)16-3-2-4-19(16)8-12-6-14(20(21)22)7-13-9-23-10-24-17(12)13/h5-7,16H,2-4,8-10H2,1H3. The first-order chi connectivity index (χ1) is 12.1. The van der Waals surface area contributed by atoms with Crippen LogP contribution in [0.5, 0.6) is 5.75 Å². The molecule has 1 aromatic carbocycles. The molecule has 1 fully saturated rings. The molecule has 0 saturated carbocycles. The maximum Gasteiger partial charge on any atom is 0.270 e. The second kappa shape index (κ2) is 6.45. The monoisotopic (exact) mass is 345 g/mol. The van der Waals surface area contributed by atoms with Crippen LogP contribution in [0.3, 0.4) is 0 Å². The second-order valence-corrected chi connectivity index (χ2v) is 6.45. The van der Waals surface area contributed by atoms with Crippen LogP contribution in [0.25, 0.3) is 0 Å². The van der Waals surface area contributed by atoms with Crippen molar-refractivity contribution in [2.24, 2.45) is 0 Å². The minimum absolute atomic E-state index is 0.0656. The number of hydrogen-bond acceptors (Lipinski definition) is 7. The van der Waals surface area contributed by atoms with Crippen molar-refractivity contribution in [3.63, 3.8) is 0 Å². The van der Waals surface area contributed by atoms with Crippen molar-refractivity contribution in [3.05, 3.63) is 50.9 Å². The average molecular weight is 345 g/mol. The molecule has 3 heterocycles. The molecule has 1 atom stereocenters. The smallest absolute Gasteiger partial charge is 0.270 e. The highest BCUT2D eigenvalue weighted by atomic mass is 16.7. The van der Waals surface area contributed by atoms with Gasteiger partial charge in [-0.05, 0) is 26.3 Å². The maximum absolute atomic E-state index is 11.3. The van der Waals surface area contributed by atoms with E-state index in [0.29, 0.717) is 18.9 Å². The third-order valence-corrected chi connectivity index (χ3v) is 4.71. The summed E-state index contributed by atoms with van der Waals surface area (Å²) in [6.07, 6.45) is 2.05. The number of ether oxygens (including phenoxy) is 2. The van der Waals surface area contributed by atoms with E-state index in [1.807, 2.05) is 13.0 Å². The zero-order valence-corrected chi connectivity index (χ0v) is 13.9. The molecule has 2 aliphatic heterocycles. The van der Waals surface area contributed by atoms with E-state index in [9.17, 15) is 10.1 Å². The summed E-state index contributed by atoms with van der Waals surface area (Å²) in [7, 11) is 0. The Kier molecular flexibility index (Phi) is 4.14. The number of aromatic nitrogens is 1. The number of benzene rings is 1. The minimum Gasteiger partial charge on any atom is -0.467 e. The van der Waals surface area contributed by atoms with Gasteiger partial charge in [0.2, 0.25) is 0 Å². The number of nitrogens with zero attached hydrogens (tertiary/aromatic N) is 3. The molecule has 0 spiro atoms. The van der Waals surface area contributed by atoms with E-state index in [1.54, 1.807) is 6.07 Å². The van der Waals surface area contributed by atoms with Gasteiger partial charge in [0.1, 0.15) is 17.2 Å². The summed E-state index contributed by atoms with van der Waals surface area (Å²) in [5.41, 5.74) is 2.53. The van der Waals surface area contributed by atoms with Crippen molar-refractivity contribution in [2.45, 2.75) is 39.0 Å². The van der Waals surface area contributed by atoms with E-state index in [4.69, 9.17) is 14.0 Å². The van der Waals surface area contributed by atoms with Crippen LogP contribution in [0.4, 0.5) is 5.69 Å². The molecular weight excluding hydrogens is 326 g/mol. The van der Waals surface area contributed by atoms with E-state index in [-0.39, 0.29) is 23.4 Å². The van der Waals surface area contributed by atoms with Gasteiger partial charge < -0.3 is 14.0 Å². The van der Waals surface area contributed by atoms with Gasteiger partial charge in [-0.2, -0.15) is 0 Å². The minimum atomic E-state index is -0.374. The number of likely N-dealkylation sites (tertiary alicyclic amines) is 1. The highest BCUT2D eigenvalue weighted by Crippen LogP contribution is 2.37. The van der Waals surface area contributed by atoms with Crippen LogP contribution in [0.15, 0.2) is 22.7 Å². The van der Waals surface area contributed by atoms with Gasteiger partial charge in [0.25, 0.3) is 5.69 Å². The van der Waals surface area contributed by atoms with Crippen LogP contribution in [0.1, 0.15) is 41.5 Å². The number of fused-ring (bicyclic) bond motifs is 1. The van der Waals surface area contributed by atoms with Crippen molar-refractivity contribution >= 4 is 5.69 Å². The summed E-state index contributed by atoms with van der Waals surface area (Å²) in [4.78, 5) is 13.2. The quantitative estimate of drug-likeness (QED) is 0.621. The predicted molar refractivity (Wildman–Crippen MR) is 87.0 cm³/mol. The molecule has 0 bridgehead atoms. The number of rotatable bonds is 4. The number of non-ortho nitro benzene ring substituents is 1. The van der Waals surface area contributed by atoms with Crippen LogP contribution >= 0.6 is 0 Å². The Morgan fingerprint density at radius 1 is 1.40 bits per heavy atom. The molecule has 4 rings (SSSR count). The van der Waals surface area contributed by atoms with Gasteiger partial charge in [0.05, 0.1) is 17.6 Å². The van der Waals surface area contributed by atoms with Crippen molar-refractivity contribution < 1.29 is 18.9 Å². The summed E-state index contributed by atoms with van der Waals surface area (Å²) >= 11 is 0. The van der Waals surface area contributed by atoms with Gasteiger partial charge in [0.15, 0.2) is 6.79 Å². The van der Waals surface area contributed by atoms with Crippen molar-refractivity contribution in [2.75, 3.05) is 13.3 Å². The van der Waals surface area contributed by atoms with Gasteiger partial charge in [-0.15, -0.1) is 0 Å². The summed E-state index contributed by atoms with van der Waals surface area (Å²) in [6, 6.07) is 5.25. The largest absolute Gasteiger partial charge is 0.467 e. The molecule has 8 nitrogen and oxygen atoms in total. The lowest BCUT2D eigenvalue weighted by atomic mass is 10.1. The first-order valence-electron chi connectivity index (χ1n) is 8.30. The molecule has 1 unspecified atom stereocenters. The number of hydrogen-bond donors (Lipinski definition) is 0. The first kappa shape index (κ1) is 16.0. The second-order valence-electron chi connectivity index (χ2n) is 6.45. The number of nitro benzene ring substituents is 1. The molecule has 0 amide bonds. The van der Waals surface area contributed by atoms with E-state index in [2.05, 4.69) is 10.1 Å². The van der Waals surface area contributed by atoms with Crippen molar-refractivity contribution in [3.8, 4) is 5.75 Å². The van der Waals surface area contributed by atoms with E-state index in [1.165, 1.54) is 6.07 Å². The van der Waals surface area contributed by atoms with E-state index >= 15 is 0 Å². The Balaban J connectivity index is 1.65. The SMILES string of the molecule is Cc1cc(C2CCCN2Cc2cc([N+](=O)[O-])cc3c2OCOC3)no1. The van der Waals surface area contributed by atoms with Gasteiger partial charge in [0, 0.05) is 35.9 Å². The third kappa shape index (κ3) is 3.10. The van der Waals surface area contributed by atoms with Gasteiger partial charge >= 0.3 is 0 Å². The molecule has 25 heavy (non-hydrogen) atoms. The van der Waals surface area contributed by atoms with Gasteiger partial charge in [-0.1, -0.05) is 5.16 Å². The fraction of sp³-hybridized carbons (Fsp3) is 0.471. The zero-order valence-electron chi connectivity index (χ0n) is 13.9. The lowest BCUT2D eigenvalue weighted by molar-refractivity contribution is -0.385. The topological polar surface area (TPSA) is 90.9 Å². The summed E-state index contributed by atoms with van der Waals surface area (Å²) < 4.78 is 16.1. The lowest BCUT2D eigenvalue weighted by Crippen LogP contribution is -2.24. The Morgan fingerprint density at radius 3 is 3.04 bits per heavy atom. The molecule has 0 radical (unpaired) electrons. The fourth-order valence-corrected chi connectivity index (χ4v) is 3.62. The molecule has 2 aromatic rings. The lowest BCUT2D eigenvalue weighted by Gasteiger charge is -2.26. The van der Waals surface area contributed by atoms with Crippen molar-refractivity contribution in [1.82, 2.24) is 10.1 Å². The number of nitro groups is 1.